The summed E-state index contributed by atoms with van der Waals surface area (Å²) in [6.45, 7) is -2.27. The topological polar surface area (TPSA) is 229 Å². The minimum atomic E-state index is -3.13. The molecule has 0 unspecified atom stereocenters. The molecule has 0 saturated heterocycles. The molecule has 20 nitrogen and oxygen atoms in total. The van der Waals surface area contributed by atoms with Crippen molar-refractivity contribution in [3.63, 3.8) is 0 Å². The quantitative estimate of drug-likeness (QED) is 0.0411. The number of amides is 2. The number of fused-ring (bicyclic) bond motifs is 2. The first kappa shape index (κ1) is 54.1. The van der Waals surface area contributed by atoms with Crippen LogP contribution in [0.4, 0.5) is 33.3 Å². The number of alkyl halides is 4. The Balaban J connectivity index is 0.000000192. The number of rotatable bonds is 20. The Hall–Kier alpha value is -9.75. The van der Waals surface area contributed by atoms with Crippen LogP contribution in [0.1, 0.15) is 51.6 Å². The van der Waals surface area contributed by atoms with Crippen molar-refractivity contribution in [3.05, 3.63) is 169 Å². The number of nitrogens with two attached hydrogens (primary N) is 1. The van der Waals surface area contributed by atoms with Crippen LogP contribution in [0.25, 0.3) is 33.8 Å². The number of hydrogen-bond donors (Lipinski definition) is 4. The Morgan fingerprint density at radius 3 is 1.72 bits per heavy atom. The SMILES string of the molecule is CCCCNCc1cccc(Oc2ccc(OC(F)F)c(-c3nn(C)cc3NC(=O)c3cnn4cccnc34)c2)c1.Cn1cc(NC(=O)c2cnn3cccnc23)c(-c2cc(Oc3cc(CN)ccc3F)ccc2OC(F)F)n1. The van der Waals surface area contributed by atoms with Gasteiger partial charge in [-0.15, -0.1) is 0 Å². The van der Waals surface area contributed by atoms with Gasteiger partial charge in [-0.3, -0.25) is 19.0 Å². The smallest absolute Gasteiger partial charge is 0.387 e. The van der Waals surface area contributed by atoms with E-state index in [9.17, 15) is 31.5 Å². The van der Waals surface area contributed by atoms with Crippen LogP contribution in [0.15, 0.2) is 141 Å². The highest BCUT2D eigenvalue weighted by molar-refractivity contribution is 6.10. The molecule has 0 saturated carbocycles. The van der Waals surface area contributed by atoms with Crippen LogP contribution in [-0.2, 0) is 27.2 Å². The van der Waals surface area contributed by atoms with Gasteiger partial charge in [0.25, 0.3) is 11.8 Å². The van der Waals surface area contributed by atoms with Gasteiger partial charge >= 0.3 is 13.2 Å². The third-order valence-corrected chi connectivity index (χ3v) is 11.7. The van der Waals surface area contributed by atoms with Gasteiger partial charge in [-0.25, -0.2) is 23.4 Å². The Kier molecular flexibility index (Phi) is 16.8. The third-order valence-electron chi connectivity index (χ3n) is 11.7. The first-order chi connectivity index (χ1) is 38.2. The van der Waals surface area contributed by atoms with E-state index in [4.69, 9.17) is 24.7 Å². The number of nitrogens with one attached hydrogen (secondary N) is 3. The highest BCUT2D eigenvalue weighted by Crippen LogP contribution is 2.41. The van der Waals surface area contributed by atoms with Crippen LogP contribution in [0.2, 0.25) is 0 Å². The second-order valence-electron chi connectivity index (χ2n) is 17.4. The first-order valence-corrected chi connectivity index (χ1v) is 24.3. The lowest BCUT2D eigenvalue weighted by Crippen LogP contribution is -2.14. The van der Waals surface area contributed by atoms with Crippen molar-refractivity contribution in [2.75, 3.05) is 17.2 Å². The molecule has 0 fully saturated rings. The van der Waals surface area contributed by atoms with Crippen LogP contribution in [0.3, 0.4) is 0 Å². The summed E-state index contributed by atoms with van der Waals surface area (Å²) in [5, 5.41) is 25.9. The molecule has 0 atom stereocenters. The summed E-state index contributed by atoms with van der Waals surface area (Å²) in [4.78, 5) is 34.6. The number of unbranched alkanes of at least 4 members (excludes halogenated alkanes) is 1. The van der Waals surface area contributed by atoms with Gasteiger partial charge in [-0.05, 0) is 96.9 Å². The zero-order chi connectivity index (χ0) is 55.6. The Labute approximate surface area is 446 Å². The lowest BCUT2D eigenvalue weighted by molar-refractivity contribution is -0.0501. The number of hydrogen-bond acceptors (Lipinski definition) is 14. The summed E-state index contributed by atoms with van der Waals surface area (Å²) < 4.78 is 94.5. The van der Waals surface area contributed by atoms with Crippen LogP contribution in [0.5, 0.6) is 34.5 Å². The Morgan fingerprint density at radius 1 is 0.646 bits per heavy atom. The number of carbonyl (C=O) groups excluding carboxylic acids is 2. The van der Waals surface area contributed by atoms with Gasteiger partial charge in [-0.2, -0.15) is 38.0 Å². The molecular formula is C54H49F5N14O6. The second kappa shape index (κ2) is 24.5. The molecule has 0 spiro atoms. The van der Waals surface area contributed by atoms with Crippen molar-refractivity contribution in [1.82, 2.24) is 54.1 Å². The molecule has 5 N–H and O–H groups in total. The van der Waals surface area contributed by atoms with E-state index in [1.807, 2.05) is 24.3 Å². The number of aryl methyl sites for hydroxylation is 2. The molecule has 0 bridgehead atoms. The predicted molar refractivity (Wildman–Crippen MR) is 280 cm³/mol. The fraction of sp³-hybridized carbons (Fsp3) is 0.185. The van der Waals surface area contributed by atoms with E-state index in [1.165, 1.54) is 85.6 Å². The molecular weight excluding hydrogens is 1040 g/mol. The van der Waals surface area contributed by atoms with Crippen LogP contribution >= 0.6 is 0 Å². The maximum Gasteiger partial charge on any atom is 0.387 e. The number of aromatic nitrogens is 10. The van der Waals surface area contributed by atoms with Gasteiger partial charge in [0.15, 0.2) is 22.9 Å². The van der Waals surface area contributed by atoms with E-state index in [1.54, 1.807) is 63.1 Å². The van der Waals surface area contributed by atoms with Crippen molar-refractivity contribution in [2.45, 2.75) is 46.1 Å². The lowest BCUT2D eigenvalue weighted by atomic mass is 10.1. The van der Waals surface area contributed by atoms with E-state index in [0.29, 0.717) is 34.9 Å². The number of anilines is 2. The molecule has 0 aliphatic rings. The molecule has 4 aromatic carbocycles. The molecule has 79 heavy (non-hydrogen) atoms. The molecule has 25 heteroatoms. The predicted octanol–water partition coefficient (Wildman–Crippen LogP) is 10.0. The Morgan fingerprint density at radius 2 is 1.19 bits per heavy atom. The van der Waals surface area contributed by atoms with Gasteiger partial charge in [0, 0.05) is 64.4 Å². The van der Waals surface area contributed by atoms with Crippen LogP contribution in [-0.4, -0.2) is 80.3 Å². The number of nitrogens with zero attached hydrogens (tertiary/aromatic N) is 10. The number of halogens is 5. The van der Waals surface area contributed by atoms with Gasteiger partial charge < -0.3 is 40.6 Å². The van der Waals surface area contributed by atoms with Crippen LogP contribution in [0, 0.1) is 5.82 Å². The van der Waals surface area contributed by atoms with E-state index >= 15 is 0 Å². The van der Waals surface area contributed by atoms with E-state index in [0.717, 1.165) is 24.9 Å². The molecule has 2 amide bonds. The van der Waals surface area contributed by atoms with Gasteiger partial charge in [0.1, 0.15) is 51.3 Å². The molecule has 10 aromatic rings. The van der Waals surface area contributed by atoms with E-state index in [-0.39, 0.29) is 74.6 Å². The van der Waals surface area contributed by atoms with Gasteiger partial charge in [0.2, 0.25) is 0 Å². The second-order valence-corrected chi connectivity index (χ2v) is 17.4. The summed E-state index contributed by atoms with van der Waals surface area (Å²) in [7, 11) is 3.25. The summed E-state index contributed by atoms with van der Waals surface area (Å²) in [6, 6.07) is 23.6. The van der Waals surface area contributed by atoms with Crippen molar-refractivity contribution in [1.29, 1.82) is 0 Å². The van der Waals surface area contributed by atoms with Gasteiger partial charge in [0.05, 0.1) is 34.9 Å². The molecule has 6 heterocycles. The average molecular weight is 1090 g/mol. The lowest BCUT2D eigenvalue weighted by Gasteiger charge is -2.14. The zero-order valence-electron chi connectivity index (χ0n) is 42.4. The minimum Gasteiger partial charge on any atom is -0.457 e. The van der Waals surface area contributed by atoms with Crippen molar-refractivity contribution < 1.29 is 50.5 Å². The number of ether oxygens (including phenoxy) is 4. The molecule has 10 rings (SSSR count). The highest BCUT2D eigenvalue weighted by atomic mass is 19.3. The largest absolute Gasteiger partial charge is 0.457 e. The first-order valence-electron chi connectivity index (χ1n) is 24.3. The third kappa shape index (κ3) is 13.1. The molecule has 0 radical (unpaired) electrons. The normalized spacial score (nSPS) is 11.2. The molecule has 406 valence electrons. The summed E-state index contributed by atoms with van der Waals surface area (Å²) >= 11 is 0. The van der Waals surface area contributed by atoms with Gasteiger partial charge in [-0.1, -0.05) is 31.5 Å². The van der Waals surface area contributed by atoms with E-state index < -0.39 is 30.9 Å². The van der Waals surface area contributed by atoms with Crippen molar-refractivity contribution in [2.24, 2.45) is 19.8 Å². The standard InChI is InChI=1S/C29H29F2N7O3.C25H20F3N7O3/c1-3-4-11-32-16-19-7-5-8-20(14-19)40-21-9-10-25(41-29(30)31)22(15-21)26-24(18-37(2)36-26)35-28(39)23-17-34-38-13-6-12-33-27(23)38;1-34-13-19(32-24(36)17-12-31-35-8-2-7-30-23(17)35)22(33-34)16-10-15(4-6-20(16)38-25(27)28)37-21-9-14(11-29)3-5-18(21)26/h5-10,12-15,17-18,29,32H,3-4,11,16H2,1-2H3,(H,35,39);2-10,12-13,25H,11,29H2,1H3,(H,32,36). The maximum absolute atomic E-state index is 14.4. The van der Waals surface area contributed by atoms with Crippen LogP contribution < -0.4 is 40.6 Å². The Bertz CT molecular complexity index is 3770. The molecule has 0 aliphatic heterocycles. The molecule has 6 aromatic heterocycles. The fourth-order valence-corrected chi connectivity index (χ4v) is 8.09. The highest BCUT2D eigenvalue weighted by Gasteiger charge is 2.25. The molecule has 0 aliphatic carbocycles. The maximum atomic E-state index is 14.4. The van der Waals surface area contributed by atoms with E-state index in [2.05, 4.69) is 53.2 Å². The monoisotopic (exact) mass is 1080 g/mol. The summed E-state index contributed by atoms with van der Waals surface area (Å²) in [5.74, 6) is -1.02. The summed E-state index contributed by atoms with van der Waals surface area (Å²) in [6.07, 6.45) is 14.4. The minimum absolute atomic E-state index is 0.0760. The van der Waals surface area contributed by atoms with Crippen molar-refractivity contribution in [3.8, 4) is 57.0 Å². The summed E-state index contributed by atoms with van der Waals surface area (Å²) in [5.41, 5.74) is 9.55. The zero-order valence-corrected chi connectivity index (χ0v) is 42.4. The number of carbonyl (C=O) groups is 2. The van der Waals surface area contributed by atoms with Crippen molar-refractivity contribution >= 4 is 34.5 Å². The number of benzene rings is 4. The fourth-order valence-electron chi connectivity index (χ4n) is 8.09. The average Bonchev–Trinajstić information content (AvgIpc) is 4.38.